The number of hydrogen-bond acceptors (Lipinski definition) is 3. The molecule has 5 heteroatoms. The number of nitrogens with one attached hydrogen (secondary N) is 1. The van der Waals surface area contributed by atoms with Crippen LogP contribution in [0.25, 0.3) is 0 Å². The molecule has 0 aliphatic heterocycles. The highest BCUT2D eigenvalue weighted by Gasteiger charge is 2.14. The summed E-state index contributed by atoms with van der Waals surface area (Å²) >= 11 is 0. The van der Waals surface area contributed by atoms with Crippen molar-refractivity contribution in [3.8, 4) is 11.5 Å². The maximum absolute atomic E-state index is 13.8. The summed E-state index contributed by atoms with van der Waals surface area (Å²) in [5, 5.41) is 2.82. The van der Waals surface area contributed by atoms with Crippen LogP contribution in [-0.4, -0.2) is 19.6 Å². The second-order valence-corrected chi connectivity index (χ2v) is 6.67. The summed E-state index contributed by atoms with van der Waals surface area (Å²) in [6.07, 6.45) is 0. The first-order valence-electron chi connectivity index (χ1n) is 8.68. The molecule has 0 saturated carbocycles. The van der Waals surface area contributed by atoms with Gasteiger partial charge in [-0.25, -0.2) is 4.39 Å². The highest BCUT2D eigenvalue weighted by atomic mass is 19.1. The van der Waals surface area contributed by atoms with Crippen LogP contribution < -0.4 is 14.8 Å². The number of rotatable bonds is 7. The first-order valence-corrected chi connectivity index (χ1v) is 8.68. The third kappa shape index (κ3) is 4.97. The molecule has 0 heterocycles. The molecule has 1 atom stereocenters. The molecule has 140 valence electrons. The number of amides is 1. The zero-order chi connectivity index (χ0) is 19.3. The van der Waals surface area contributed by atoms with Crippen molar-refractivity contribution in [3.05, 3.63) is 58.9 Å². The van der Waals surface area contributed by atoms with Gasteiger partial charge >= 0.3 is 0 Å². The lowest BCUT2D eigenvalue weighted by Gasteiger charge is -2.17. The van der Waals surface area contributed by atoms with E-state index >= 15 is 0 Å². The number of halogens is 1. The van der Waals surface area contributed by atoms with Gasteiger partial charge in [-0.2, -0.15) is 0 Å². The van der Waals surface area contributed by atoms with Crippen molar-refractivity contribution in [2.24, 2.45) is 0 Å². The maximum atomic E-state index is 13.8. The van der Waals surface area contributed by atoms with Gasteiger partial charge in [0.25, 0.3) is 5.91 Å². The fourth-order valence-electron chi connectivity index (χ4n) is 2.71. The van der Waals surface area contributed by atoms with Crippen LogP contribution in [0.2, 0.25) is 0 Å². The van der Waals surface area contributed by atoms with Gasteiger partial charge in [-0.15, -0.1) is 0 Å². The predicted molar refractivity (Wildman–Crippen MR) is 100 cm³/mol. The van der Waals surface area contributed by atoms with Gasteiger partial charge in [0.1, 0.15) is 5.75 Å². The van der Waals surface area contributed by atoms with Crippen LogP contribution in [0.4, 0.5) is 4.39 Å². The van der Waals surface area contributed by atoms with Crippen molar-refractivity contribution < 1.29 is 18.7 Å². The Morgan fingerprint density at radius 1 is 1.12 bits per heavy atom. The molecular weight excluding hydrogens is 333 g/mol. The third-order valence-electron chi connectivity index (χ3n) is 4.20. The highest BCUT2D eigenvalue weighted by molar-refractivity contribution is 5.78. The zero-order valence-corrected chi connectivity index (χ0v) is 15.9. The largest absolute Gasteiger partial charge is 0.494 e. The number of aryl methyl sites for hydroxylation is 1. The predicted octanol–water partition coefficient (Wildman–Crippen LogP) is 4.52. The molecule has 0 bridgehead atoms. The quantitative estimate of drug-likeness (QED) is 0.790. The van der Waals surface area contributed by atoms with Gasteiger partial charge in [0.2, 0.25) is 0 Å². The number of methoxy groups -OCH3 is 1. The van der Waals surface area contributed by atoms with Crippen molar-refractivity contribution in [2.45, 2.75) is 39.7 Å². The number of carbonyl (C=O) groups is 1. The van der Waals surface area contributed by atoms with Crippen molar-refractivity contribution >= 4 is 5.91 Å². The van der Waals surface area contributed by atoms with E-state index in [-0.39, 0.29) is 24.3 Å². The Bertz CT molecular complexity index is 774. The fraction of sp³-hybridized carbons (Fsp3) is 0.381. The summed E-state index contributed by atoms with van der Waals surface area (Å²) < 4.78 is 24.5. The van der Waals surface area contributed by atoms with E-state index in [0.29, 0.717) is 11.5 Å². The van der Waals surface area contributed by atoms with Gasteiger partial charge in [-0.1, -0.05) is 32.0 Å². The standard InChI is InChI=1S/C21H26FNO3/c1-13(2)17-8-6-14(3)10-20(17)26-12-21(24)23-15(4)16-7-9-19(25-5)18(22)11-16/h6-11,13,15H,12H2,1-5H3,(H,23,24)/t15-/m1/s1. The molecule has 2 aromatic rings. The average Bonchev–Trinajstić information content (AvgIpc) is 2.59. The van der Waals surface area contributed by atoms with Crippen LogP contribution in [0.1, 0.15) is 49.4 Å². The second-order valence-electron chi connectivity index (χ2n) is 6.67. The summed E-state index contributed by atoms with van der Waals surface area (Å²) in [6.45, 7) is 7.85. The summed E-state index contributed by atoms with van der Waals surface area (Å²) in [6, 6.07) is 10.3. The van der Waals surface area contributed by atoms with Crippen molar-refractivity contribution in [1.82, 2.24) is 5.32 Å². The van der Waals surface area contributed by atoms with E-state index < -0.39 is 5.82 Å². The van der Waals surface area contributed by atoms with E-state index in [2.05, 4.69) is 19.2 Å². The fourth-order valence-corrected chi connectivity index (χ4v) is 2.71. The lowest BCUT2D eigenvalue weighted by molar-refractivity contribution is -0.123. The smallest absolute Gasteiger partial charge is 0.258 e. The van der Waals surface area contributed by atoms with Crippen molar-refractivity contribution in [1.29, 1.82) is 0 Å². The van der Waals surface area contributed by atoms with Gasteiger partial charge in [-0.3, -0.25) is 4.79 Å². The Balaban J connectivity index is 1.99. The first kappa shape index (κ1) is 19.8. The number of benzene rings is 2. The van der Waals surface area contributed by atoms with Gasteiger partial charge in [0, 0.05) is 0 Å². The van der Waals surface area contributed by atoms with Gasteiger partial charge in [0.05, 0.1) is 13.2 Å². The zero-order valence-electron chi connectivity index (χ0n) is 15.9. The minimum absolute atomic E-state index is 0.0911. The molecule has 1 N–H and O–H groups in total. The average molecular weight is 359 g/mol. The normalized spacial score (nSPS) is 12.0. The summed E-state index contributed by atoms with van der Waals surface area (Å²) in [4.78, 5) is 12.2. The van der Waals surface area contributed by atoms with E-state index in [4.69, 9.17) is 9.47 Å². The number of carbonyl (C=O) groups excluding carboxylic acids is 1. The molecule has 4 nitrogen and oxygen atoms in total. The van der Waals surface area contributed by atoms with E-state index in [9.17, 15) is 9.18 Å². The lowest BCUT2D eigenvalue weighted by Crippen LogP contribution is -2.31. The molecule has 0 fully saturated rings. The van der Waals surface area contributed by atoms with Gasteiger partial charge < -0.3 is 14.8 Å². The van der Waals surface area contributed by atoms with Crippen LogP contribution in [0.15, 0.2) is 36.4 Å². The van der Waals surface area contributed by atoms with Crippen LogP contribution in [0.3, 0.4) is 0 Å². The third-order valence-corrected chi connectivity index (χ3v) is 4.20. The van der Waals surface area contributed by atoms with Gasteiger partial charge in [0.15, 0.2) is 18.2 Å². The number of hydrogen-bond donors (Lipinski definition) is 1. The van der Waals surface area contributed by atoms with E-state index in [1.54, 1.807) is 19.1 Å². The molecule has 0 saturated heterocycles. The Labute approximate surface area is 154 Å². The minimum Gasteiger partial charge on any atom is -0.494 e. The molecule has 0 aliphatic carbocycles. The maximum Gasteiger partial charge on any atom is 0.258 e. The van der Waals surface area contributed by atoms with Crippen LogP contribution in [0.5, 0.6) is 11.5 Å². The van der Waals surface area contributed by atoms with Crippen molar-refractivity contribution in [2.75, 3.05) is 13.7 Å². The molecule has 0 unspecified atom stereocenters. The van der Waals surface area contributed by atoms with E-state index in [1.165, 1.54) is 13.2 Å². The Hall–Kier alpha value is -2.56. The summed E-state index contributed by atoms with van der Waals surface area (Å²) in [5.41, 5.74) is 2.80. The van der Waals surface area contributed by atoms with Crippen LogP contribution >= 0.6 is 0 Å². The Morgan fingerprint density at radius 3 is 2.46 bits per heavy atom. The molecule has 0 aromatic heterocycles. The Morgan fingerprint density at radius 2 is 1.85 bits per heavy atom. The van der Waals surface area contributed by atoms with Gasteiger partial charge in [-0.05, 0) is 54.7 Å². The highest BCUT2D eigenvalue weighted by Crippen LogP contribution is 2.27. The minimum atomic E-state index is -0.455. The monoisotopic (exact) mass is 359 g/mol. The van der Waals surface area contributed by atoms with Crippen molar-refractivity contribution in [3.63, 3.8) is 0 Å². The topological polar surface area (TPSA) is 47.6 Å². The van der Waals surface area contributed by atoms with Crippen LogP contribution in [0, 0.1) is 12.7 Å². The van der Waals surface area contributed by atoms with Crippen LogP contribution in [-0.2, 0) is 4.79 Å². The molecule has 0 aliphatic rings. The first-order chi connectivity index (χ1) is 12.3. The number of ether oxygens (including phenoxy) is 2. The molecule has 2 rings (SSSR count). The molecule has 2 aromatic carbocycles. The summed E-state index contributed by atoms with van der Waals surface area (Å²) in [5.74, 6) is 0.484. The molecular formula is C21H26FNO3. The second kappa shape index (κ2) is 8.70. The Kier molecular flexibility index (Phi) is 6.61. The molecule has 1 amide bonds. The van der Waals surface area contributed by atoms with E-state index in [0.717, 1.165) is 16.9 Å². The molecule has 26 heavy (non-hydrogen) atoms. The summed E-state index contributed by atoms with van der Waals surface area (Å²) in [7, 11) is 1.41. The SMILES string of the molecule is COc1ccc([C@@H](C)NC(=O)COc2cc(C)ccc2C(C)C)cc1F. The van der Waals surface area contributed by atoms with E-state index in [1.807, 2.05) is 25.1 Å². The molecule has 0 radical (unpaired) electrons. The lowest BCUT2D eigenvalue weighted by atomic mass is 10.0. The molecule has 0 spiro atoms.